The molecule has 0 aromatic heterocycles. The lowest BCUT2D eigenvalue weighted by atomic mass is 9.96. The van der Waals surface area contributed by atoms with Crippen molar-refractivity contribution in [2.75, 3.05) is 5.75 Å². The van der Waals surface area contributed by atoms with Crippen molar-refractivity contribution in [1.82, 2.24) is 5.32 Å². The molecule has 1 aliphatic rings. The summed E-state index contributed by atoms with van der Waals surface area (Å²) in [5.74, 6) is 1.10. The van der Waals surface area contributed by atoms with Gasteiger partial charge in [0.25, 0.3) is 0 Å². The van der Waals surface area contributed by atoms with E-state index in [0.29, 0.717) is 0 Å². The second-order valence-electron chi connectivity index (χ2n) is 4.91. The van der Waals surface area contributed by atoms with Crippen LogP contribution in [0.25, 0.3) is 0 Å². The molecule has 3 heteroatoms. The third-order valence-electron chi connectivity index (χ3n) is 2.94. The Balaban J connectivity index is 2.61. The van der Waals surface area contributed by atoms with E-state index >= 15 is 0 Å². The first-order chi connectivity index (χ1) is 6.41. The summed E-state index contributed by atoms with van der Waals surface area (Å²) in [4.78, 5) is 4.67. The molecule has 0 aromatic carbocycles. The first kappa shape index (κ1) is 11.9. The van der Waals surface area contributed by atoms with Crippen molar-refractivity contribution in [3.63, 3.8) is 0 Å². The highest BCUT2D eigenvalue weighted by Gasteiger charge is 2.29. The van der Waals surface area contributed by atoms with E-state index in [0.717, 1.165) is 23.8 Å². The van der Waals surface area contributed by atoms with Crippen molar-refractivity contribution in [3.8, 4) is 0 Å². The number of hydrogen-bond acceptors (Lipinski definition) is 3. The average Bonchev–Trinajstić information content (AvgIpc) is 2.45. The maximum Gasteiger partial charge on any atom is 0.157 e. The van der Waals surface area contributed by atoms with Gasteiger partial charge >= 0.3 is 0 Å². The maximum absolute atomic E-state index is 4.67. The van der Waals surface area contributed by atoms with Crippen molar-refractivity contribution in [3.05, 3.63) is 0 Å². The Morgan fingerprint density at radius 3 is 2.36 bits per heavy atom. The highest BCUT2D eigenvalue weighted by Crippen LogP contribution is 2.27. The minimum absolute atomic E-state index is 0.120. The molecule has 0 aromatic rings. The van der Waals surface area contributed by atoms with Crippen LogP contribution in [0.4, 0.5) is 0 Å². The molecule has 0 atom stereocenters. The van der Waals surface area contributed by atoms with Gasteiger partial charge in [-0.2, -0.15) is 0 Å². The third kappa shape index (κ3) is 2.91. The number of nitrogens with one attached hydrogen (secondary N) is 1. The fourth-order valence-electron chi connectivity index (χ4n) is 1.33. The predicted molar refractivity (Wildman–Crippen MR) is 66.1 cm³/mol. The van der Waals surface area contributed by atoms with Crippen LogP contribution in [-0.4, -0.2) is 22.0 Å². The van der Waals surface area contributed by atoms with Crippen molar-refractivity contribution >= 4 is 16.9 Å². The van der Waals surface area contributed by atoms with Gasteiger partial charge in [0, 0.05) is 11.3 Å². The molecule has 0 unspecified atom stereocenters. The molecule has 0 spiro atoms. The second kappa shape index (κ2) is 4.13. The minimum atomic E-state index is 0.120. The molecule has 0 fully saturated rings. The molecule has 0 bridgehead atoms. The predicted octanol–water partition coefficient (Wildman–Crippen LogP) is 3.04. The number of nitrogens with zero attached hydrogens (tertiary/aromatic N) is 1. The number of aliphatic imine (C=N–C) groups is 1. The van der Waals surface area contributed by atoms with E-state index < -0.39 is 0 Å². The van der Waals surface area contributed by atoms with Gasteiger partial charge in [-0.3, -0.25) is 4.99 Å². The van der Waals surface area contributed by atoms with Gasteiger partial charge in [-0.05, 0) is 33.6 Å². The van der Waals surface area contributed by atoms with Gasteiger partial charge in [-0.1, -0.05) is 25.6 Å². The van der Waals surface area contributed by atoms with Gasteiger partial charge in [0.1, 0.15) is 0 Å². The molecule has 1 N–H and O–H groups in total. The largest absolute Gasteiger partial charge is 0.360 e. The molecule has 1 aliphatic heterocycles. The number of thioether (sulfide) groups is 1. The first-order valence-electron chi connectivity index (χ1n) is 5.41. The summed E-state index contributed by atoms with van der Waals surface area (Å²) < 4.78 is 0. The Morgan fingerprint density at radius 2 is 2.00 bits per heavy atom. The molecule has 14 heavy (non-hydrogen) atoms. The zero-order valence-corrected chi connectivity index (χ0v) is 10.8. The SMILES string of the molecule is CCC(C)(CC)NC1=NC(C)(C)CS1. The van der Waals surface area contributed by atoms with Crippen LogP contribution in [0.1, 0.15) is 47.5 Å². The highest BCUT2D eigenvalue weighted by molar-refractivity contribution is 8.14. The summed E-state index contributed by atoms with van der Waals surface area (Å²) in [6.07, 6.45) is 2.28. The Morgan fingerprint density at radius 1 is 1.43 bits per heavy atom. The van der Waals surface area contributed by atoms with E-state index in [1.807, 2.05) is 11.8 Å². The van der Waals surface area contributed by atoms with E-state index in [4.69, 9.17) is 0 Å². The van der Waals surface area contributed by atoms with Crippen molar-refractivity contribution in [2.24, 2.45) is 4.99 Å². The van der Waals surface area contributed by atoms with E-state index in [-0.39, 0.29) is 11.1 Å². The van der Waals surface area contributed by atoms with Gasteiger partial charge in [0.2, 0.25) is 0 Å². The summed E-state index contributed by atoms with van der Waals surface area (Å²) in [6, 6.07) is 0. The van der Waals surface area contributed by atoms with E-state index in [1.165, 1.54) is 0 Å². The summed E-state index contributed by atoms with van der Waals surface area (Å²) in [7, 11) is 0. The summed E-state index contributed by atoms with van der Waals surface area (Å²) in [5, 5.41) is 4.69. The molecule has 0 amide bonds. The molecule has 82 valence electrons. The van der Waals surface area contributed by atoms with Crippen LogP contribution in [0.5, 0.6) is 0 Å². The van der Waals surface area contributed by atoms with Gasteiger partial charge in [-0.15, -0.1) is 0 Å². The monoisotopic (exact) mass is 214 g/mol. The molecule has 0 saturated carbocycles. The second-order valence-corrected chi connectivity index (χ2v) is 5.87. The summed E-state index contributed by atoms with van der Waals surface area (Å²) >= 11 is 1.85. The fourth-order valence-corrected chi connectivity index (χ4v) is 2.52. The highest BCUT2D eigenvalue weighted by atomic mass is 32.2. The lowest BCUT2D eigenvalue weighted by Gasteiger charge is -2.28. The number of hydrogen-bond donors (Lipinski definition) is 1. The molecule has 1 heterocycles. The molecule has 0 saturated heterocycles. The first-order valence-corrected chi connectivity index (χ1v) is 6.40. The molecule has 0 radical (unpaired) electrons. The van der Waals surface area contributed by atoms with Crippen LogP contribution in [0.2, 0.25) is 0 Å². The van der Waals surface area contributed by atoms with E-state index in [9.17, 15) is 0 Å². The Kier molecular flexibility index (Phi) is 3.51. The fraction of sp³-hybridized carbons (Fsp3) is 0.909. The van der Waals surface area contributed by atoms with Crippen LogP contribution < -0.4 is 5.32 Å². The van der Waals surface area contributed by atoms with Crippen LogP contribution in [-0.2, 0) is 0 Å². The van der Waals surface area contributed by atoms with Crippen molar-refractivity contribution in [1.29, 1.82) is 0 Å². The van der Waals surface area contributed by atoms with Crippen LogP contribution in [0.3, 0.4) is 0 Å². The van der Waals surface area contributed by atoms with Crippen molar-refractivity contribution in [2.45, 2.75) is 58.5 Å². The van der Waals surface area contributed by atoms with Crippen LogP contribution in [0.15, 0.2) is 4.99 Å². The molecule has 0 aliphatic carbocycles. The topological polar surface area (TPSA) is 24.4 Å². The Hall–Kier alpha value is -0.180. The molecule has 1 rings (SSSR count). The van der Waals surface area contributed by atoms with Crippen LogP contribution >= 0.6 is 11.8 Å². The zero-order chi connectivity index (χ0) is 10.8. The maximum atomic E-state index is 4.67. The molecule has 2 nitrogen and oxygen atoms in total. The van der Waals surface area contributed by atoms with Gasteiger partial charge < -0.3 is 5.32 Å². The summed E-state index contributed by atoms with van der Waals surface area (Å²) in [5.41, 5.74) is 0.335. The zero-order valence-electron chi connectivity index (χ0n) is 9.98. The lowest BCUT2D eigenvalue weighted by molar-refractivity contribution is 0.390. The average molecular weight is 214 g/mol. The Labute approximate surface area is 92.0 Å². The number of rotatable bonds is 3. The van der Waals surface area contributed by atoms with Gasteiger partial charge in [-0.25, -0.2) is 0 Å². The normalized spacial score (nSPS) is 20.8. The quantitative estimate of drug-likeness (QED) is 0.781. The molecular formula is C11H22N2S. The minimum Gasteiger partial charge on any atom is -0.360 e. The van der Waals surface area contributed by atoms with Gasteiger partial charge in [0.05, 0.1) is 5.54 Å². The van der Waals surface area contributed by atoms with E-state index in [1.54, 1.807) is 0 Å². The van der Waals surface area contributed by atoms with Gasteiger partial charge in [0.15, 0.2) is 5.17 Å². The summed E-state index contributed by atoms with van der Waals surface area (Å²) in [6.45, 7) is 11.1. The number of amidine groups is 1. The standard InChI is InChI=1S/C11H22N2S/c1-6-11(5,7-2)13-9-12-10(3,4)8-14-9/h6-8H2,1-5H3,(H,12,13). The van der Waals surface area contributed by atoms with Crippen LogP contribution in [0, 0.1) is 0 Å². The van der Waals surface area contributed by atoms with E-state index in [2.05, 4.69) is 44.9 Å². The Bertz CT molecular complexity index is 229. The third-order valence-corrected chi connectivity index (χ3v) is 4.25. The van der Waals surface area contributed by atoms with Crippen molar-refractivity contribution < 1.29 is 0 Å². The molecular weight excluding hydrogens is 192 g/mol. The smallest absolute Gasteiger partial charge is 0.157 e. The lowest BCUT2D eigenvalue weighted by Crippen LogP contribution is -2.43.